The summed E-state index contributed by atoms with van der Waals surface area (Å²) in [5, 5.41) is 7.74. The predicted molar refractivity (Wildman–Crippen MR) is 91.1 cm³/mol. The fraction of sp³-hybridized carbons (Fsp3) is 0.158. The average molecular weight is 312 g/mol. The zero-order chi connectivity index (χ0) is 16.5. The van der Waals surface area contributed by atoms with E-state index < -0.39 is 11.6 Å². The SMILES string of the molecule is C=CCCCc1ccc(C=NN=Cc2ccc(F)c(F)c2)cc1. The lowest BCUT2D eigenvalue weighted by Gasteiger charge is -1.99. The Morgan fingerprint density at radius 3 is 2.17 bits per heavy atom. The van der Waals surface area contributed by atoms with Gasteiger partial charge in [-0.3, -0.25) is 0 Å². The van der Waals surface area contributed by atoms with E-state index in [4.69, 9.17) is 0 Å². The Balaban J connectivity index is 1.90. The summed E-state index contributed by atoms with van der Waals surface area (Å²) in [6.45, 7) is 3.71. The number of hydrogen-bond acceptors (Lipinski definition) is 2. The molecule has 0 saturated heterocycles. The Labute approximate surface area is 134 Å². The molecule has 0 N–H and O–H groups in total. The first-order valence-corrected chi connectivity index (χ1v) is 7.40. The number of rotatable bonds is 7. The molecule has 0 amide bonds. The average Bonchev–Trinajstić information content (AvgIpc) is 2.56. The van der Waals surface area contributed by atoms with E-state index in [9.17, 15) is 8.78 Å². The smallest absolute Gasteiger partial charge is 0.159 e. The van der Waals surface area contributed by atoms with Crippen molar-refractivity contribution in [1.82, 2.24) is 0 Å². The van der Waals surface area contributed by atoms with Gasteiger partial charge in [-0.05, 0) is 48.1 Å². The number of allylic oxidation sites excluding steroid dienone is 1. The largest absolute Gasteiger partial charge is 0.204 e. The van der Waals surface area contributed by atoms with Crippen LogP contribution in [0.3, 0.4) is 0 Å². The standard InChI is InChI=1S/C19H18F2N2/c1-2-3-4-5-15-6-8-16(9-7-15)13-22-23-14-17-10-11-18(20)19(21)12-17/h2,6-14H,1,3-5H2. The van der Waals surface area contributed by atoms with Crippen LogP contribution >= 0.6 is 0 Å². The van der Waals surface area contributed by atoms with Crippen molar-refractivity contribution >= 4 is 12.4 Å². The van der Waals surface area contributed by atoms with E-state index in [1.807, 2.05) is 18.2 Å². The second-order valence-corrected chi connectivity index (χ2v) is 5.09. The lowest BCUT2D eigenvalue weighted by atomic mass is 10.1. The van der Waals surface area contributed by atoms with Crippen molar-refractivity contribution in [3.05, 3.63) is 83.4 Å². The molecule has 0 aliphatic carbocycles. The van der Waals surface area contributed by atoms with E-state index in [-0.39, 0.29) is 0 Å². The third-order valence-corrected chi connectivity index (χ3v) is 3.28. The van der Waals surface area contributed by atoms with Crippen LogP contribution in [0, 0.1) is 11.6 Å². The fourth-order valence-corrected chi connectivity index (χ4v) is 2.01. The van der Waals surface area contributed by atoms with Gasteiger partial charge in [0.25, 0.3) is 0 Å². The van der Waals surface area contributed by atoms with Crippen LogP contribution in [0.25, 0.3) is 0 Å². The minimum atomic E-state index is -0.898. The van der Waals surface area contributed by atoms with Gasteiger partial charge in [0.05, 0.1) is 12.4 Å². The summed E-state index contributed by atoms with van der Waals surface area (Å²) in [4.78, 5) is 0. The predicted octanol–water partition coefficient (Wildman–Crippen LogP) is 4.93. The van der Waals surface area contributed by atoms with E-state index in [0.717, 1.165) is 37.0 Å². The lowest BCUT2D eigenvalue weighted by molar-refractivity contribution is 0.508. The molecule has 118 valence electrons. The minimum Gasteiger partial charge on any atom is -0.204 e. The fourth-order valence-electron chi connectivity index (χ4n) is 2.01. The van der Waals surface area contributed by atoms with Gasteiger partial charge in [0.2, 0.25) is 0 Å². The van der Waals surface area contributed by atoms with Gasteiger partial charge in [-0.1, -0.05) is 36.4 Å². The third-order valence-electron chi connectivity index (χ3n) is 3.28. The molecule has 2 aromatic rings. The highest BCUT2D eigenvalue weighted by Crippen LogP contribution is 2.08. The Bertz CT molecular complexity index is 704. The van der Waals surface area contributed by atoms with Gasteiger partial charge < -0.3 is 0 Å². The van der Waals surface area contributed by atoms with Gasteiger partial charge in [0, 0.05) is 0 Å². The summed E-state index contributed by atoms with van der Waals surface area (Å²) in [7, 11) is 0. The molecule has 2 nitrogen and oxygen atoms in total. The summed E-state index contributed by atoms with van der Waals surface area (Å²) in [5.41, 5.74) is 2.66. The van der Waals surface area contributed by atoms with Crippen LogP contribution in [0.4, 0.5) is 8.78 Å². The highest BCUT2D eigenvalue weighted by atomic mass is 19.2. The van der Waals surface area contributed by atoms with Gasteiger partial charge in [-0.25, -0.2) is 8.78 Å². The molecule has 2 aromatic carbocycles. The van der Waals surface area contributed by atoms with E-state index in [2.05, 4.69) is 28.9 Å². The first kappa shape index (κ1) is 16.7. The molecule has 0 heterocycles. The number of hydrogen-bond donors (Lipinski definition) is 0. The molecule has 0 fully saturated rings. The van der Waals surface area contributed by atoms with Crippen LogP contribution in [0.15, 0.2) is 65.3 Å². The van der Waals surface area contributed by atoms with Crippen molar-refractivity contribution in [3.8, 4) is 0 Å². The molecular formula is C19H18F2N2. The Morgan fingerprint density at radius 2 is 1.52 bits per heavy atom. The quantitative estimate of drug-likeness (QED) is 0.300. The van der Waals surface area contributed by atoms with Crippen molar-refractivity contribution in [3.63, 3.8) is 0 Å². The van der Waals surface area contributed by atoms with E-state index in [1.54, 1.807) is 6.21 Å². The van der Waals surface area contributed by atoms with Crippen LogP contribution in [0.5, 0.6) is 0 Å². The van der Waals surface area contributed by atoms with Crippen molar-refractivity contribution in [2.75, 3.05) is 0 Å². The van der Waals surface area contributed by atoms with Crippen LogP contribution in [0.1, 0.15) is 29.5 Å². The second kappa shape index (κ2) is 8.73. The molecule has 23 heavy (non-hydrogen) atoms. The Morgan fingerprint density at radius 1 is 0.870 bits per heavy atom. The van der Waals surface area contributed by atoms with Crippen molar-refractivity contribution in [1.29, 1.82) is 0 Å². The topological polar surface area (TPSA) is 24.7 Å². The zero-order valence-electron chi connectivity index (χ0n) is 12.8. The lowest BCUT2D eigenvalue weighted by Crippen LogP contribution is -1.88. The van der Waals surface area contributed by atoms with Gasteiger partial charge in [-0.2, -0.15) is 10.2 Å². The summed E-state index contributed by atoms with van der Waals surface area (Å²) in [6.07, 6.45) is 8.05. The van der Waals surface area contributed by atoms with Crippen molar-refractivity contribution in [2.45, 2.75) is 19.3 Å². The summed E-state index contributed by atoms with van der Waals surface area (Å²) >= 11 is 0. The molecule has 0 aliphatic heterocycles. The molecule has 0 saturated carbocycles. The van der Waals surface area contributed by atoms with Crippen LogP contribution in [-0.2, 0) is 6.42 Å². The van der Waals surface area contributed by atoms with Gasteiger partial charge in [0.15, 0.2) is 11.6 Å². The van der Waals surface area contributed by atoms with Gasteiger partial charge in [0.1, 0.15) is 0 Å². The zero-order valence-corrected chi connectivity index (χ0v) is 12.8. The normalized spacial score (nSPS) is 11.4. The molecule has 0 aliphatic rings. The molecule has 0 spiro atoms. The molecule has 0 bridgehead atoms. The Kier molecular flexibility index (Phi) is 6.36. The molecule has 4 heteroatoms. The maximum Gasteiger partial charge on any atom is 0.159 e. The van der Waals surface area contributed by atoms with Crippen LogP contribution in [-0.4, -0.2) is 12.4 Å². The number of halogens is 2. The first-order valence-electron chi connectivity index (χ1n) is 7.40. The first-order chi connectivity index (χ1) is 11.2. The van der Waals surface area contributed by atoms with E-state index in [1.165, 1.54) is 17.8 Å². The van der Waals surface area contributed by atoms with Gasteiger partial charge >= 0.3 is 0 Å². The van der Waals surface area contributed by atoms with Gasteiger partial charge in [-0.15, -0.1) is 6.58 Å². The second-order valence-electron chi connectivity index (χ2n) is 5.09. The highest BCUT2D eigenvalue weighted by molar-refractivity contribution is 5.82. The van der Waals surface area contributed by atoms with E-state index in [0.29, 0.717) is 5.56 Å². The maximum atomic E-state index is 13.0. The highest BCUT2D eigenvalue weighted by Gasteiger charge is 2.00. The molecule has 0 radical (unpaired) electrons. The van der Waals surface area contributed by atoms with Crippen LogP contribution in [0.2, 0.25) is 0 Å². The van der Waals surface area contributed by atoms with E-state index >= 15 is 0 Å². The molecule has 2 rings (SSSR count). The maximum absolute atomic E-state index is 13.0. The Hall–Kier alpha value is -2.62. The van der Waals surface area contributed by atoms with Crippen LogP contribution < -0.4 is 0 Å². The monoisotopic (exact) mass is 312 g/mol. The number of nitrogens with zero attached hydrogens (tertiary/aromatic N) is 2. The third kappa shape index (κ3) is 5.58. The van der Waals surface area contributed by atoms with Crippen molar-refractivity contribution in [2.24, 2.45) is 10.2 Å². The number of unbranched alkanes of at least 4 members (excludes halogenated alkanes) is 1. The molecule has 0 unspecified atom stereocenters. The summed E-state index contributed by atoms with van der Waals surface area (Å²) in [6, 6.07) is 11.6. The van der Waals surface area contributed by atoms with Crippen molar-refractivity contribution < 1.29 is 8.78 Å². The molecule has 0 aromatic heterocycles. The number of aryl methyl sites for hydroxylation is 1. The summed E-state index contributed by atoms with van der Waals surface area (Å²) < 4.78 is 25.8. The summed E-state index contributed by atoms with van der Waals surface area (Å²) in [5.74, 6) is -1.77. The minimum absolute atomic E-state index is 0.457. The molecule has 0 atom stereocenters. The molecular weight excluding hydrogens is 294 g/mol. The number of benzene rings is 2.